The maximum absolute atomic E-state index is 11.0. The Balaban J connectivity index is 1.87. The molecule has 0 radical (unpaired) electrons. The molecule has 5 heteroatoms. The molecule has 1 aliphatic rings. The first-order chi connectivity index (χ1) is 10.0. The molecule has 5 nitrogen and oxygen atoms in total. The van der Waals surface area contributed by atoms with Crippen molar-refractivity contribution in [3.05, 3.63) is 30.1 Å². The molecule has 2 N–H and O–H groups in total. The van der Waals surface area contributed by atoms with Crippen LogP contribution in [0, 0.1) is 11.3 Å². The van der Waals surface area contributed by atoms with Gasteiger partial charge in [0.05, 0.1) is 11.1 Å². The van der Waals surface area contributed by atoms with Gasteiger partial charge in [0.15, 0.2) is 0 Å². The molecule has 1 aromatic heterocycles. The fourth-order valence-electron chi connectivity index (χ4n) is 2.71. The number of carboxylic acid groups (broad SMARTS) is 1. The second kappa shape index (κ2) is 4.98. The van der Waals surface area contributed by atoms with Crippen molar-refractivity contribution in [1.82, 2.24) is 9.97 Å². The van der Waals surface area contributed by atoms with Crippen LogP contribution in [0.4, 0.5) is 5.82 Å². The van der Waals surface area contributed by atoms with Crippen molar-refractivity contribution >= 4 is 22.7 Å². The van der Waals surface area contributed by atoms with Crippen molar-refractivity contribution in [1.29, 1.82) is 0 Å². The first-order valence-corrected chi connectivity index (χ1v) is 7.24. The zero-order valence-corrected chi connectivity index (χ0v) is 12.3. The molecule has 1 saturated carbocycles. The zero-order chi connectivity index (χ0) is 15.0. The highest BCUT2D eigenvalue weighted by atomic mass is 16.4. The Kier molecular flexibility index (Phi) is 3.27. The van der Waals surface area contributed by atoms with Crippen LogP contribution in [0.5, 0.6) is 0 Å². The third-order valence-electron chi connectivity index (χ3n) is 4.61. The lowest BCUT2D eigenvalue weighted by Gasteiger charge is -2.20. The van der Waals surface area contributed by atoms with Crippen LogP contribution in [0.15, 0.2) is 24.5 Å². The van der Waals surface area contributed by atoms with Gasteiger partial charge >= 0.3 is 5.97 Å². The van der Waals surface area contributed by atoms with Gasteiger partial charge < -0.3 is 10.4 Å². The second-order valence-electron chi connectivity index (χ2n) is 6.13. The lowest BCUT2D eigenvalue weighted by Crippen LogP contribution is -2.21. The molecule has 1 fully saturated rings. The summed E-state index contributed by atoms with van der Waals surface area (Å²) in [6.07, 6.45) is 3.99. The first-order valence-electron chi connectivity index (χ1n) is 7.24. The van der Waals surface area contributed by atoms with E-state index in [1.807, 2.05) is 0 Å². The molecule has 0 amide bonds. The third-order valence-corrected chi connectivity index (χ3v) is 4.61. The number of carboxylic acids is 1. The molecule has 3 rings (SSSR count). The molecule has 110 valence electrons. The van der Waals surface area contributed by atoms with E-state index in [0.29, 0.717) is 16.8 Å². The van der Waals surface area contributed by atoms with Gasteiger partial charge in [0.25, 0.3) is 0 Å². The number of aromatic carboxylic acids is 1. The van der Waals surface area contributed by atoms with Crippen LogP contribution in [0.25, 0.3) is 10.9 Å². The molecule has 1 heterocycles. The molecule has 0 bridgehead atoms. The Labute approximate surface area is 123 Å². The molecule has 1 aromatic carbocycles. The highest BCUT2D eigenvalue weighted by Gasteiger charge is 2.45. The summed E-state index contributed by atoms with van der Waals surface area (Å²) in [5.41, 5.74) is 1.29. The van der Waals surface area contributed by atoms with Gasteiger partial charge in [0.1, 0.15) is 12.1 Å². The summed E-state index contributed by atoms with van der Waals surface area (Å²) < 4.78 is 0. The first kappa shape index (κ1) is 13.8. The topological polar surface area (TPSA) is 75.1 Å². The third kappa shape index (κ3) is 2.55. The van der Waals surface area contributed by atoms with Crippen molar-refractivity contribution in [2.75, 3.05) is 11.9 Å². The normalized spacial score (nSPS) is 16.1. The van der Waals surface area contributed by atoms with Crippen LogP contribution in [0.2, 0.25) is 0 Å². The van der Waals surface area contributed by atoms with Crippen molar-refractivity contribution in [3.63, 3.8) is 0 Å². The summed E-state index contributed by atoms with van der Waals surface area (Å²) in [4.78, 5) is 19.5. The highest BCUT2D eigenvalue weighted by molar-refractivity contribution is 5.96. The number of hydrogen-bond donors (Lipinski definition) is 2. The summed E-state index contributed by atoms with van der Waals surface area (Å²) in [6, 6.07) is 4.95. The van der Waals surface area contributed by atoms with E-state index in [0.717, 1.165) is 17.7 Å². The van der Waals surface area contributed by atoms with Crippen LogP contribution in [-0.2, 0) is 0 Å². The predicted octanol–water partition coefficient (Wildman–Crippen LogP) is 3.18. The van der Waals surface area contributed by atoms with Gasteiger partial charge in [0, 0.05) is 11.9 Å². The van der Waals surface area contributed by atoms with Gasteiger partial charge in [0.2, 0.25) is 0 Å². The van der Waals surface area contributed by atoms with E-state index >= 15 is 0 Å². The molecule has 1 aliphatic carbocycles. The average Bonchev–Trinajstić information content (AvgIpc) is 3.25. The van der Waals surface area contributed by atoms with Gasteiger partial charge in [-0.3, -0.25) is 0 Å². The number of nitrogens with one attached hydrogen (secondary N) is 1. The van der Waals surface area contributed by atoms with E-state index in [4.69, 9.17) is 5.11 Å². The molecule has 0 atom stereocenters. The number of hydrogen-bond acceptors (Lipinski definition) is 4. The molecule has 0 saturated heterocycles. The molecular weight excluding hydrogens is 266 g/mol. The van der Waals surface area contributed by atoms with Crippen LogP contribution in [-0.4, -0.2) is 27.6 Å². The Morgan fingerprint density at radius 2 is 2.14 bits per heavy atom. The van der Waals surface area contributed by atoms with E-state index in [-0.39, 0.29) is 5.56 Å². The number of nitrogens with zero attached hydrogens (tertiary/aromatic N) is 2. The maximum Gasteiger partial charge on any atom is 0.335 e. The fraction of sp³-hybridized carbons (Fsp3) is 0.438. The van der Waals surface area contributed by atoms with Gasteiger partial charge in [-0.15, -0.1) is 0 Å². The Bertz CT molecular complexity index is 693. The smallest absolute Gasteiger partial charge is 0.335 e. The number of carbonyl (C=O) groups is 1. The van der Waals surface area contributed by atoms with Crippen molar-refractivity contribution in [3.8, 4) is 0 Å². The fourth-order valence-corrected chi connectivity index (χ4v) is 2.71. The van der Waals surface area contributed by atoms with Crippen molar-refractivity contribution in [2.24, 2.45) is 11.3 Å². The molecular formula is C16H19N3O2. The van der Waals surface area contributed by atoms with E-state index in [1.54, 1.807) is 18.2 Å². The Morgan fingerprint density at radius 3 is 2.76 bits per heavy atom. The zero-order valence-electron chi connectivity index (χ0n) is 12.3. The highest BCUT2D eigenvalue weighted by Crippen LogP contribution is 2.51. The lowest BCUT2D eigenvalue weighted by molar-refractivity contribution is 0.0697. The van der Waals surface area contributed by atoms with Gasteiger partial charge in [-0.1, -0.05) is 13.8 Å². The summed E-state index contributed by atoms with van der Waals surface area (Å²) in [5, 5.41) is 13.3. The largest absolute Gasteiger partial charge is 0.478 e. The van der Waals surface area contributed by atoms with E-state index in [1.165, 1.54) is 19.2 Å². The van der Waals surface area contributed by atoms with Crippen LogP contribution >= 0.6 is 0 Å². The van der Waals surface area contributed by atoms with Crippen LogP contribution in [0.1, 0.15) is 37.0 Å². The van der Waals surface area contributed by atoms with Crippen molar-refractivity contribution in [2.45, 2.75) is 26.7 Å². The molecule has 21 heavy (non-hydrogen) atoms. The van der Waals surface area contributed by atoms with E-state index < -0.39 is 5.97 Å². The van der Waals surface area contributed by atoms with Crippen LogP contribution < -0.4 is 5.32 Å². The molecule has 0 unspecified atom stereocenters. The predicted molar refractivity (Wildman–Crippen MR) is 81.5 cm³/mol. The minimum absolute atomic E-state index is 0.244. The van der Waals surface area contributed by atoms with Gasteiger partial charge in [-0.2, -0.15) is 0 Å². The van der Waals surface area contributed by atoms with Gasteiger partial charge in [-0.25, -0.2) is 14.8 Å². The van der Waals surface area contributed by atoms with E-state index in [9.17, 15) is 4.79 Å². The standard InChI is InChI=1S/C16H19N3O2/c1-10(2)16(5-6-16)8-17-14-12-4-3-11(15(20)21)7-13(12)18-9-19-14/h3-4,7,9-10H,5-6,8H2,1-2H3,(H,20,21)(H,17,18,19). The second-order valence-corrected chi connectivity index (χ2v) is 6.13. The Morgan fingerprint density at radius 1 is 1.38 bits per heavy atom. The van der Waals surface area contributed by atoms with E-state index in [2.05, 4.69) is 29.1 Å². The number of aromatic nitrogens is 2. The summed E-state index contributed by atoms with van der Waals surface area (Å²) in [5.74, 6) is 0.488. The summed E-state index contributed by atoms with van der Waals surface area (Å²) in [6.45, 7) is 5.41. The average molecular weight is 285 g/mol. The lowest BCUT2D eigenvalue weighted by atomic mass is 9.92. The maximum atomic E-state index is 11.0. The van der Waals surface area contributed by atoms with Crippen LogP contribution in [0.3, 0.4) is 0 Å². The molecule has 2 aromatic rings. The summed E-state index contributed by atoms with van der Waals surface area (Å²) in [7, 11) is 0. The SMILES string of the molecule is CC(C)C1(CNc2ncnc3cc(C(=O)O)ccc23)CC1. The minimum Gasteiger partial charge on any atom is -0.478 e. The molecule has 0 spiro atoms. The van der Waals surface area contributed by atoms with Crippen molar-refractivity contribution < 1.29 is 9.90 Å². The van der Waals surface area contributed by atoms with Gasteiger partial charge in [-0.05, 0) is 42.4 Å². The minimum atomic E-state index is -0.943. The number of rotatable bonds is 5. The number of fused-ring (bicyclic) bond motifs is 1. The Hall–Kier alpha value is -2.17. The number of benzene rings is 1. The number of anilines is 1. The monoisotopic (exact) mass is 285 g/mol. The molecule has 0 aliphatic heterocycles. The summed E-state index contributed by atoms with van der Waals surface area (Å²) >= 11 is 0. The quantitative estimate of drug-likeness (QED) is 0.882.